The van der Waals surface area contributed by atoms with Crippen LogP contribution in [0.4, 0.5) is 0 Å². The maximum atomic E-state index is 12.1. The molecule has 0 atom stereocenters. The predicted octanol–water partition coefficient (Wildman–Crippen LogP) is 3.32. The summed E-state index contributed by atoms with van der Waals surface area (Å²) < 4.78 is 0. The molecule has 0 fully saturated rings. The lowest BCUT2D eigenvalue weighted by atomic mass is 10.1. The van der Waals surface area contributed by atoms with Crippen molar-refractivity contribution in [3.63, 3.8) is 0 Å². The van der Waals surface area contributed by atoms with Gasteiger partial charge in [0.25, 0.3) is 0 Å². The van der Waals surface area contributed by atoms with E-state index in [1.807, 2.05) is 13.8 Å². The van der Waals surface area contributed by atoms with Crippen molar-refractivity contribution in [3.8, 4) is 11.4 Å². The molecule has 1 aromatic carbocycles. The average Bonchev–Trinajstić information content (AvgIpc) is 2.52. The molecule has 0 unspecified atom stereocenters. The summed E-state index contributed by atoms with van der Waals surface area (Å²) in [6.45, 7) is 3.62. The third-order valence-electron chi connectivity index (χ3n) is 3.14. The van der Waals surface area contributed by atoms with Crippen LogP contribution in [-0.4, -0.2) is 15.9 Å². The number of allylic oxidation sites excluding steroid dienone is 1. The van der Waals surface area contributed by atoms with Gasteiger partial charge in [-0.05, 0) is 43.2 Å². The SMILES string of the molecule is CC(C)=C(N)NC(=O)Cc1c(Cl)ccc(-c2ncccn2)c1Cl. The number of benzene rings is 1. The minimum Gasteiger partial charge on any atom is -0.385 e. The number of carbonyl (C=O) groups is 1. The number of carbonyl (C=O) groups excluding carboxylic acids is 1. The Labute approximate surface area is 144 Å². The highest BCUT2D eigenvalue weighted by molar-refractivity contribution is 6.38. The predicted molar refractivity (Wildman–Crippen MR) is 91.9 cm³/mol. The standard InChI is InChI=1S/C16H16Cl2N4O/c1-9(2)15(19)22-13(23)8-11-12(17)5-4-10(14(11)18)16-20-6-3-7-21-16/h3-7H,8,19H2,1-2H3,(H,22,23). The summed E-state index contributed by atoms with van der Waals surface area (Å²) in [6.07, 6.45) is 3.25. The number of amides is 1. The molecule has 7 heteroatoms. The number of aromatic nitrogens is 2. The van der Waals surface area contributed by atoms with E-state index in [-0.39, 0.29) is 12.3 Å². The fraction of sp³-hybridized carbons (Fsp3) is 0.188. The van der Waals surface area contributed by atoms with Gasteiger partial charge in [0.2, 0.25) is 5.91 Å². The van der Waals surface area contributed by atoms with Crippen LogP contribution < -0.4 is 11.1 Å². The zero-order valence-corrected chi connectivity index (χ0v) is 14.2. The Balaban J connectivity index is 2.33. The number of nitrogens with zero attached hydrogens (tertiary/aromatic N) is 2. The molecule has 0 saturated carbocycles. The Hall–Kier alpha value is -2.11. The molecule has 0 bridgehead atoms. The van der Waals surface area contributed by atoms with Gasteiger partial charge in [-0.15, -0.1) is 0 Å². The van der Waals surface area contributed by atoms with Crippen LogP contribution in [0.3, 0.4) is 0 Å². The molecule has 3 N–H and O–H groups in total. The molecule has 0 aliphatic carbocycles. The van der Waals surface area contributed by atoms with E-state index in [1.54, 1.807) is 30.6 Å². The van der Waals surface area contributed by atoms with Crippen molar-refractivity contribution in [3.05, 3.63) is 57.6 Å². The summed E-state index contributed by atoms with van der Waals surface area (Å²) in [7, 11) is 0. The number of nitrogens with one attached hydrogen (secondary N) is 1. The number of nitrogens with two attached hydrogens (primary N) is 1. The summed E-state index contributed by atoms with van der Waals surface area (Å²) in [5, 5.41) is 3.37. The van der Waals surface area contributed by atoms with Gasteiger partial charge in [0.1, 0.15) is 5.82 Å². The summed E-state index contributed by atoms with van der Waals surface area (Å²) >= 11 is 12.6. The van der Waals surface area contributed by atoms with Gasteiger partial charge in [-0.2, -0.15) is 0 Å². The fourth-order valence-electron chi connectivity index (χ4n) is 1.85. The van der Waals surface area contributed by atoms with Gasteiger partial charge in [-0.25, -0.2) is 9.97 Å². The second kappa shape index (κ2) is 7.44. The van der Waals surface area contributed by atoms with Gasteiger partial charge in [0.15, 0.2) is 5.82 Å². The number of halogens is 2. The Morgan fingerprint density at radius 3 is 2.48 bits per heavy atom. The van der Waals surface area contributed by atoms with Crippen molar-refractivity contribution in [2.75, 3.05) is 0 Å². The van der Waals surface area contributed by atoms with E-state index in [0.29, 0.717) is 32.8 Å². The highest BCUT2D eigenvalue weighted by atomic mass is 35.5. The number of hydrogen-bond acceptors (Lipinski definition) is 4. The zero-order chi connectivity index (χ0) is 17.0. The molecule has 1 aromatic heterocycles. The fourth-order valence-corrected chi connectivity index (χ4v) is 2.44. The molecular formula is C16H16Cl2N4O. The van der Waals surface area contributed by atoms with Crippen LogP contribution in [0, 0.1) is 0 Å². The first kappa shape index (κ1) is 17.2. The molecule has 0 aliphatic heterocycles. The van der Waals surface area contributed by atoms with Gasteiger partial charge in [0.05, 0.1) is 11.4 Å². The molecule has 23 heavy (non-hydrogen) atoms. The second-order valence-electron chi connectivity index (χ2n) is 5.10. The van der Waals surface area contributed by atoms with Crippen molar-refractivity contribution in [1.29, 1.82) is 0 Å². The molecule has 2 aromatic rings. The van der Waals surface area contributed by atoms with Gasteiger partial charge >= 0.3 is 0 Å². The smallest absolute Gasteiger partial charge is 0.229 e. The molecule has 1 amide bonds. The maximum Gasteiger partial charge on any atom is 0.229 e. The first-order valence-corrected chi connectivity index (χ1v) is 7.62. The molecule has 0 saturated heterocycles. The molecule has 0 aliphatic rings. The molecule has 1 heterocycles. The average molecular weight is 351 g/mol. The number of hydrogen-bond donors (Lipinski definition) is 2. The zero-order valence-electron chi connectivity index (χ0n) is 12.7. The van der Waals surface area contributed by atoms with E-state index < -0.39 is 0 Å². The topological polar surface area (TPSA) is 80.9 Å². The van der Waals surface area contributed by atoms with Crippen LogP contribution in [0.2, 0.25) is 10.0 Å². The highest BCUT2D eigenvalue weighted by Gasteiger charge is 2.16. The lowest BCUT2D eigenvalue weighted by Crippen LogP contribution is -2.29. The van der Waals surface area contributed by atoms with Crippen LogP contribution >= 0.6 is 23.2 Å². The summed E-state index contributed by atoms with van der Waals surface area (Å²) in [4.78, 5) is 20.4. The van der Waals surface area contributed by atoms with E-state index in [0.717, 1.165) is 5.57 Å². The summed E-state index contributed by atoms with van der Waals surface area (Å²) in [5.74, 6) is 0.503. The first-order valence-electron chi connectivity index (χ1n) is 6.87. The molecule has 5 nitrogen and oxygen atoms in total. The molecule has 2 rings (SSSR count). The molecule has 0 spiro atoms. The minimum atomic E-state index is -0.293. The first-order chi connectivity index (χ1) is 10.9. The van der Waals surface area contributed by atoms with Crippen LogP contribution in [-0.2, 0) is 11.2 Å². The van der Waals surface area contributed by atoms with Gasteiger partial charge < -0.3 is 11.1 Å². The molecule has 0 radical (unpaired) electrons. The van der Waals surface area contributed by atoms with Gasteiger partial charge in [-0.1, -0.05) is 23.2 Å². The summed E-state index contributed by atoms with van der Waals surface area (Å²) in [5.41, 5.74) is 7.68. The Bertz CT molecular complexity index is 756. The van der Waals surface area contributed by atoms with E-state index in [2.05, 4.69) is 15.3 Å². The molecular weight excluding hydrogens is 335 g/mol. The van der Waals surface area contributed by atoms with E-state index in [9.17, 15) is 4.79 Å². The van der Waals surface area contributed by atoms with Crippen molar-refractivity contribution >= 4 is 29.1 Å². The lowest BCUT2D eigenvalue weighted by Gasteiger charge is -2.12. The van der Waals surface area contributed by atoms with Crippen molar-refractivity contribution in [2.45, 2.75) is 20.3 Å². The second-order valence-corrected chi connectivity index (χ2v) is 5.88. The van der Waals surface area contributed by atoms with Crippen molar-refractivity contribution in [2.24, 2.45) is 5.73 Å². The third kappa shape index (κ3) is 4.21. The van der Waals surface area contributed by atoms with Crippen molar-refractivity contribution < 1.29 is 4.79 Å². The number of rotatable bonds is 4. The van der Waals surface area contributed by atoms with E-state index in [1.165, 1.54) is 0 Å². The lowest BCUT2D eigenvalue weighted by molar-refractivity contribution is -0.119. The van der Waals surface area contributed by atoms with Gasteiger partial charge in [0, 0.05) is 23.0 Å². The van der Waals surface area contributed by atoms with E-state index in [4.69, 9.17) is 28.9 Å². The monoisotopic (exact) mass is 350 g/mol. The maximum absolute atomic E-state index is 12.1. The Morgan fingerprint density at radius 1 is 1.22 bits per heavy atom. The van der Waals surface area contributed by atoms with Crippen molar-refractivity contribution in [1.82, 2.24) is 15.3 Å². The van der Waals surface area contributed by atoms with Crippen LogP contribution in [0.5, 0.6) is 0 Å². The third-order valence-corrected chi connectivity index (χ3v) is 3.93. The van der Waals surface area contributed by atoms with Crippen LogP contribution in [0.25, 0.3) is 11.4 Å². The molecule has 120 valence electrons. The minimum absolute atomic E-state index is 0.00627. The Kier molecular flexibility index (Phi) is 5.58. The summed E-state index contributed by atoms with van der Waals surface area (Å²) in [6, 6.07) is 5.11. The normalized spacial score (nSPS) is 10.3. The highest BCUT2D eigenvalue weighted by Crippen LogP contribution is 2.33. The van der Waals surface area contributed by atoms with Crippen LogP contribution in [0.1, 0.15) is 19.4 Å². The van der Waals surface area contributed by atoms with E-state index >= 15 is 0 Å². The van der Waals surface area contributed by atoms with Crippen LogP contribution in [0.15, 0.2) is 42.0 Å². The Morgan fingerprint density at radius 2 is 1.87 bits per heavy atom. The van der Waals surface area contributed by atoms with Gasteiger partial charge in [-0.3, -0.25) is 4.79 Å². The quantitative estimate of drug-likeness (QED) is 0.886. The largest absolute Gasteiger partial charge is 0.385 e.